The van der Waals surface area contributed by atoms with Crippen molar-refractivity contribution < 1.29 is 19.1 Å². The van der Waals surface area contributed by atoms with Gasteiger partial charge in [0.1, 0.15) is 0 Å². The molecule has 126 valence electrons. The molecule has 0 aliphatic heterocycles. The number of nitrogens with one attached hydrogen (secondary N) is 3. The molecule has 3 N–H and O–H groups in total. The lowest BCUT2D eigenvalue weighted by Gasteiger charge is -2.07. The Morgan fingerprint density at radius 3 is 2.62 bits per heavy atom. The van der Waals surface area contributed by atoms with Gasteiger partial charge in [0.05, 0.1) is 5.39 Å². The smallest absolute Gasteiger partial charge is 0.359 e. The van der Waals surface area contributed by atoms with Gasteiger partial charge in [0.15, 0.2) is 12.3 Å². The lowest BCUT2D eigenvalue weighted by atomic mass is 10.1. The molecule has 0 bridgehead atoms. The molecule has 2 aromatic rings. The number of urea groups is 1. The van der Waals surface area contributed by atoms with Crippen LogP contribution in [-0.4, -0.2) is 41.3 Å². The molecule has 0 saturated carbocycles. The molecule has 0 aliphatic carbocycles. The van der Waals surface area contributed by atoms with Crippen LogP contribution in [0.2, 0.25) is 0 Å². The number of aromatic nitrogens is 2. The zero-order chi connectivity index (χ0) is 17.5. The lowest BCUT2D eigenvalue weighted by Crippen LogP contribution is -2.41. The van der Waals surface area contributed by atoms with E-state index >= 15 is 0 Å². The Labute approximate surface area is 136 Å². The van der Waals surface area contributed by atoms with Gasteiger partial charge in [0.25, 0.3) is 11.5 Å². The molecule has 0 atom stereocenters. The molecule has 0 saturated heterocycles. The summed E-state index contributed by atoms with van der Waals surface area (Å²) in [5, 5.41) is 10.9. The van der Waals surface area contributed by atoms with Crippen molar-refractivity contribution in [2.75, 3.05) is 13.2 Å². The summed E-state index contributed by atoms with van der Waals surface area (Å²) in [6.07, 6.45) is 0.724. The van der Waals surface area contributed by atoms with Gasteiger partial charge in [-0.2, -0.15) is 5.10 Å². The zero-order valence-corrected chi connectivity index (χ0v) is 12.9. The Balaban J connectivity index is 2.01. The maximum absolute atomic E-state index is 12.0. The second-order valence-corrected chi connectivity index (χ2v) is 4.83. The SMILES string of the molecule is CCCNC(=O)NC(=O)COC(=O)c1n[nH]c(=O)c2ccccc12. The Morgan fingerprint density at radius 2 is 1.92 bits per heavy atom. The topological polar surface area (TPSA) is 130 Å². The average molecular weight is 332 g/mol. The van der Waals surface area contributed by atoms with E-state index < -0.39 is 30.1 Å². The summed E-state index contributed by atoms with van der Waals surface area (Å²) in [6.45, 7) is 1.64. The highest BCUT2D eigenvalue weighted by Crippen LogP contribution is 2.13. The van der Waals surface area contributed by atoms with E-state index in [1.807, 2.05) is 12.2 Å². The fourth-order valence-corrected chi connectivity index (χ4v) is 1.92. The third-order valence-electron chi connectivity index (χ3n) is 3.01. The number of imide groups is 1. The van der Waals surface area contributed by atoms with Gasteiger partial charge >= 0.3 is 12.0 Å². The largest absolute Gasteiger partial charge is 0.451 e. The molecular formula is C15H16N4O5. The van der Waals surface area contributed by atoms with E-state index in [2.05, 4.69) is 15.5 Å². The summed E-state index contributed by atoms with van der Waals surface area (Å²) in [5.74, 6) is -1.66. The zero-order valence-electron chi connectivity index (χ0n) is 12.9. The molecule has 0 radical (unpaired) electrons. The lowest BCUT2D eigenvalue weighted by molar-refractivity contribution is -0.123. The highest BCUT2D eigenvalue weighted by atomic mass is 16.5. The van der Waals surface area contributed by atoms with Crippen molar-refractivity contribution in [3.8, 4) is 0 Å². The standard InChI is InChI=1S/C15H16N4O5/c1-2-7-16-15(23)17-11(20)8-24-14(22)12-9-5-3-4-6-10(9)13(21)19-18-12/h3-6H,2,7-8H2,1H3,(H,19,21)(H2,16,17,20,23). The van der Waals surface area contributed by atoms with Crippen molar-refractivity contribution >= 4 is 28.7 Å². The predicted octanol–water partition coefficient (Wildman–Crippen LogP) is 0.316. The molecule has 0 aliphatic rings. The summed E-state index contributed by atoms with van der Waals surface area (Å²) < 4.78 is 4.83. The minimum atomic E-state index is -0.883. The molecule has 9 nitrogen and oxygen atoms in total. The third-order valence-corrected chi connectivity index (χ3v) is 3.01. The fraction of sp³-hybridized carbons (Fsp3) is 0.267. The Morgan fingerprint density at radius 1 is 1.21 bits per heavy atom. The highest BCUT2D eigenvalue weighted by Gasteiger charge is 2.17. The minimum Gasteiger partial charge on any atom is -0.451 e. The number of amides is 3. The van der Waals surface area contributed by atoms with Crippen LogP contribution in [0.25, 0.3) is 10.8 Å². The van der Waals surface area contributed by atoms with Crippen LogP contribution in [0, 0.1) is 0 Å². The quantitative estimate of drug-likeness (QED) is 0.676. The number of nitrogens with zero attached hydrogens (tertiary/aromatic N) is 1. The maximum Gasteiger partial charge on any atom is 0.359 e. The van der Waals surface area contributed by atoms with Crippen LogP contribution in [0.5, 0.6) is 0 Å². The molecule has 2 rings (SSSR count). The number of rotatable bonds is 5. The monoisotopic (exact) mass is 332 g/mol. The van der Waals surface area contributed by atoms with Gasteiger partial charge in [-0.15, -0.1) is 0 Å². The van der Waals surface area contributed by atoms with Crippen LogP contribution >= 0.6 is 0 Å². The highest BCUT2D eigenvalue weighted by molar-refractivity contribution is 6.03. The van der Waals surface area contributed by atoms with Crippen LogP contribution in [0.3, 0.4) is 0 Å². The number of aromatic amines is 1. The van der Waals surface area contributed by atoms with Crippen LogP contribution in [0.15, 0.2) is 29.1 Å². The summed E-state index contributed by atoms with van der Waals surface area (Å²) in [6, 6.07) is 5.72. The van der Waals surface area contributed by atoms with Crippen LogP contribution in [0.4, 0.5) is 4.79 Å². The van der Waals surface area contributed by atoms with E-state index in [9.17, 15) is 19.2 Å². The summed E-state index contributed by atoms with van der Waals surface area (Å²) in [7, 11) is 0. The van der Waals surface area contributed by atoms with Gasteiger partial charge in [-0.1, -0.05) is 25.1 Å². The van der Waals surface area contributed by atoms with Gasteiger partial charge in [0, 0.05) is 11.9 Å². The van der Waals surface area contributed by atoms with Crippen LogP contribution in [0.1, 0.15) is 23.8 Å². The predicted molar refractivity (Wildman–Crippen MR) is 84.5 cm³/mol. The number of H-pyrrole nitrogens is 1. The summed E-state index contributed by atoms with van der Waals surface area (Å²) in [4.78, 5) is 46.5. The fourth-order valence-electron chi connectivity index (χ4n) is 1.92. The van der Waals surface area contributed by atoms with Crippen molar-refractivity contribution in [2.45, 2.75) is 13.3 Å². The number of hydrogen-bond donors (Lipinski definition) is 3. The molecule has 1 heterocycles. The average Bonchev–Trinajstić information content (AvgIpc) is 2.58. The molecule has 3 amide bonds. The van der Waals surface area contributed by atoms with Crippen LogP contribution in [-0.2, 0) is 9.53 Å². The van der Waals surface area contributed by atoms with Gasteiger partial charge in [-0.25, -0.2) is 14.7 Å². The number of esters is 1. The van der Waals surface area contributed by atoms with Gasteiger partial charge in [-0.05, 0) is 12.5 Å². The minimum absolute atomic E-state index is 0.117. The van der Waals surface area contributed by atoms with E-state index in [0.717, 1.165) is 6.42 Å². The van der Waals surface area contributed by atoms with Crippen molar-refractivity contribution in [3.63, 3.8) is 0 Å². The van der Waals surface area contributed by atoms with Gasteiger partial charge < -0.3 is 10.1 Å². The maximum atomic E-state index is 12.0. The summed E-state index contributed by atoms with van der Waals surface area (Å²) in [5.41, 5.74) is -0.555. The first-order valence-electron chi connectivity index (χ1n) is 7.25. The molecule has 9 heteroatoms. The molecule has 0 unspecified atom stereocenters. The number of carbonyl (C=O) groups excluding carboxylic acids is 3. The van der Waals surface area contributed by atoms with E-state index in [1.165, 1.54) is 6.07 Å². The molecule has 1 aromatic heterocycles. The molecule has 24 heavy (non-hydrogen) atoms. The second kappa shape index (κ2) is 7.86. The number of fused-ring (bicyclic) bond motifs is 1. The van der Waals surface area contributed by atoms with E-state index in [0.29, 0.717) is 11.9 Å². The Bertz CT molecular complexity index is 830. The molecule has 0 fully saturated rings. The molecular weight excluding hydrogens is 316 g/mol. The normalized spacial score (nSPS) is 10.2. The van der Waals surface area contributed by atoms with Crippen molar-refractivity contribution in [3.05, 3.63) is 40.3 Å². The van der Waals surface area contributed by atoms with E-state index in [1.54, 1.807) is 18.2 Å². The Kier molecular flexibility index (Phi) is 5.61. The van der Waals surface area contributed by atoms with E-state index in [4.69, 9.17) is 4.74 Å². The van der Waals surface area contributed by atoms with E-state index in [-0.39, 0.29) is 11.1 Å². The second-order valence-electron chi connectivity index (χ2n) is 4.83. The number of ether oxygens (including phenoxy) is 1. The first-order valence-corrected chi connectivity index (χ1v) is 7.25. The number of carbonyl (C=O) groups is 3. The van der Waals surface area contributed by atoms with Crippen molar-refractivity contribution in [1.82, 2.24) is 20.8 Å². The molecule has 1 aromatic carbocycles. The van der Waals surface area contributed by atoms with Gasteiger partial charge in [-0.3, -0.25) is 14.9 Å². The number of hydrogen-bond acceptors (Lipinski definition) is 6. The molecule has 0 spiro atoms. The first-order chi connectivity index (χ1) is 11.5. The third kappa shape index (κ3) is 4.15. The van der Waals surface area contributed by atoms with Crippen LogP contribution < -0.4 is 16.2 Å². The van der Waals surface area contributed by atoms with Crippen molar-refractivity contribution in [1.29, 1.82) is 0 Å². The Hall–Kier alpha value is -3.23. The number of benzene rings is 1. The van der Waals surface area contributed by atoms with Crippen molar-refractivity contribution in [2.24, 2.45) is 0 Å². The summed E-state index contributed by atoms with van der Waals surface area (Å²) >= 11 is 0. The first kappa shape index (κ1) is 17.1. The van der Waals surface area contributed by atoms with Gasteiger partial charge in [0.2, 0.25) is 0 Å².